The number of nitrogens with zero attached hydrogens (tertiary/aromatic N) is 6. The van der Waals surface area contributed by atoms with Crippen molar-refractivity contribution in [3.05, 3.63) is 115 Å². The SMILES string of the molecule is c1ccc(-c2nnc(C3CCN(Cc4ccc(-c5nc6ncccn6c5-c5ccccc5)cc4)CC3)[nH]2)cc1. The second kappa shape index (κ2) is 10.3. The molecule has 1 fully saturated rings. The fraction of sp³-hybridized carbons (Fsp3) is 0.188. The summed E-state index contributed by atoms with van der Waals surface area (Å²) in [6, 6.07) is 31.4. The molecule has 39 heavy (non-hydrogen) atoms. The molecule has 192 valence electrons. The van der Waals surface area contributed by atoms with Crippen LogP contribution in [0.1, 0.15) is 30.1 Å². The van der Waals surface area contributed by atoms with Crippen molar-refractivity contribution < 1.29 is 0 Å². The van der Waals surface area contributed by atoms with Gasteiger partial charge < -0.3 is 4.98 Å². The second-order valence-corrected chi connectivity index (χ2v) is 10.1. The number of aromatic nitrogens is 6. The Hall–Kier alpha value is -4.62. The summed E-state index contributed by atoms with van der Waals surface area (Å²) in [7, 11) is 0. The number of H-pyrrole nitrogens is 1. The molecule has 1 N–H and O–H groups in total. The highest BCUT2D eigenvalue weighted by Crippen LogP contribution is 2.33. The van der Waals surface area contributed by atoms with Gasteiger partial charge in [-0.05, 0) is 37.6 Å². The topological polar surface area (TPSA) is 75.0 Å². The normalized spacial score (nSPS) is 14.7. The van der Waals surface area contributed by atoms with Crippen LogP contribution in [0.3, 0.4) is 0 Å². The van der Waals surface area contributed by atoms with Gasteiger partial charge in [-0.25, -0.2) is 9.97 Å². The number of benzene rings is 3. The quantitative estimate of drug-likeness (QED) is 0.287. The van der Waals surface area contributed by atoms with Gasteiger partial charge >= 0.3 is 0 Å². The minimum atomic E-state index is 0.425. The first-order valence-electron chi connectivity index (χ1n) is 13.5. The predicted molar refractivity (Wildman–Crippen MR) is 153 cm³/mol. The molecule has 1 aliphatic rings. The highest BCUT2D eigenvalue weighted by Gasteiger charge is 2.24. The van der Waals surface area contributed by atoms with Crippen molar-refractivity contribution in [2.24, 2.45) is 0 Å². The first kappa shape index (κ1) is 23.5. The van der Waals surface area contributed by atoms with Crippen LogP contribution in [-0.2, 0) is 6.54 Å². The monoisotopic (exact) mass is 511 g/mol. The van der Waals surface area contributed by atoms with Gasteiger partial charge in [0.15, 0.2) is 5.82 Å². The third kappa shape index (κ3) is 4.73. The molecule has 0 unspecified atom stereocenters. The molecule has 7 nitrogen and oxygen atoms in total. The van der Waals surface area contributed by atoms with E-state index < -0.39 is 0 Å². The summed E-state index contributed by atoms with van der Waals surface area (Å²) < 4.78 is 2.07. The molecule has 0 spiro atoms. The summed E-state index contributed by atoms with van der Waals surface area (Å²) in [6.07, 6.45) is 5.98. The summed E-state index contributed by atoms with van der Waals surface area (Å²) in [4.78, 5) is 15.4. The average molecular weight is 512 g/mol. The zero-order valence-corrected chi connectivity index (χ0v) is 21.6. The van der Waals surface area contributed by atoms with Gasteiger partial charge in [0, 0.05) is 41.5 Å². The van der Waals surface area contributed by atoms with Gasteiger partial charge in [-0.15, -0.1) is 10.2 Å². The average Bonchev–Trinajstić information content (AvgIpc) is 3.65. The van der Waals surface area contributed by atoms with E-state index in [9.17, 15) is 0 Å². The van der Waals surface area contributed by atoms with Gasteiger partial charge in [0.05, 0.1) is 11.4 Å². The Kier molecular flexibility index (Phi) is 6.19. The minimum absolute atomic E-state index is 0.425. The Balaban J connectivity index is 1.04. The maximum absolute atomic E-state index is 4.89. The summed E-state index contributed by atoms with van der Waals surface area (Å²) >= 11 is 0. The molecule has 0 bridgehead atoms. The van der Waals surface area contributed by atoms with Gasteiger partial charge in [0.25, 0.3) is 0 Å². The molecule has 0 saturated carbocycles. The van der Waals surface area contributed by atoms with Crippen molar-refractivity contribution in [2.45, 2.75) is 25.3 Å². The third-order valence-corrected chi connectivity index (χ3v) is 7.61. The van der Waals surface area contributed by atoms with Crippen molar-refractivity contribution in [3.63, 3.8) is 0 Å². The minimum Gasteiger partial charge on any atom is -0.325 e. The fourth-order valence-corrected chi connectivity index (χ4v) is 5.54. The van der Waals surface area contributed by atoms with Gasteiger partial charge in [-0.2, -0.15) is 0 Å². The number of rotatable bonds is 6. The maximum Gasteiger partial charge on any atom is 0.234 e. The lowest BCUT2D eigenvalue weighted by Gasteiger charge is -2.30. The zero-order chi connectivity index (χ0) is 26.0. The zero-order valence-electron chi connectivity index (χ0n) is 21.6. The third-order valence-electron chi connectivity index (χ3n) is 7.61. The van der Waals surface area contributed by atoms with Crippen LogP contribution in [-0.4, -0.2) is 47.5 Å². The Labute approximate surface area is 227 Å². The highest BCUT2D eigenvalue weighted by molar-refractivity contribution is 5.81. The second-order valence-electron chi connectivity index (χ2n) is 10.1. The lowest BCUT2D eigenvalue weighted by atomic mass is 9.95. The lowest BCUT2D eigenvalue weighted by Crippen LogP contribution is -2.32. The van der Waals surface area contributed by atoms with Crippen LogP contribution in [0, 0.1) is 0 Å². The first-order chi connectivity index (χ1) is 19.3. The van der Waals surface area contributed by atoms with E-state index in [-0.39, 0.29) is 0 Å². The Morgan fingerprint density at radius 1 is 0.744 bits per heavy atom. The van der Waals surface area contributed by atoms with E-state index in [0.717, 1.165) is 72.2 Å². The predicted octanol–water partition coefficient (Wildman–Crippen LogP) is 6.23. The van der Waals surface area contributed by atoms with Crippen LogP contribution in [0.25, 0.3) is 39.7 Å². The summed E-state index contributed by atoms with van der Waals surface area (Å²) in [5, 5.41) is 8.86. The van der Waals surface area contributed by atoms with Crippen LogP contribution >= 0.6 is 0 Å². The number of hydrogen-bond acceptors (Lipinski definition) is 5. The molecule has 1 saturated heterocycles. The number of imidazole rings is 1. The molecule has 0 radical (unpaired) electrons. The van der Waals surface area contributed by atoms with Gasteiger partial charge in [-0.3, -0.25) is 9.30 Å². The van der Waals surface area contributed by atoms with E-state index in [1.165, 1.54) is 5.56 Å². The van der Waals surface area contributed by atoms with E-state index in [0.29, 0.717) is 11.7 Å². The molecule has 0 amide bonds. The number of nitrogens with one attached hydrogen (secondary N) is 1. The van der Waals surface area contributed by atoms with E-state index in [4.69, 9.17) is 4.98 Å². The van der Waals surface area contributed by atoms with Gasteiger partial charge in [-0.1, -0.05) is 84.9 Å². The molecule has 6 aromatic rings. The van der Waals surface area contributed by atoms with E-state index in [2.05, 4.69) is 90.1 Å². The van der Waals surface area contributed by atoms with Crippen molar-refractivity contribution >= 4 is 5.78 Å². The van der Waals surface area contributed by atoms with Crippen molar-refractivity contribution in [1.29, 1.82) is 0 Å². The molecular formula is C32H29N7. The van der Waals surface area contributed by atoms with Crippen LogP contribution in [0.5, 0.6) is 0 Å². The Morgan fingerprint density at radius 3 is 2.21 bits per heavy atom. The molecule has 3 aromatic carbocycles. The summed E-state index contributed by atoms with van der Waals surface area (Å²) in [5.74, 6) is 2.99. The number of piperidine rings is 1. The molecule has 7 rings (SSSR count). The lowest BCUT2D eigenvalue weighted by molar-refractivity contribution is 0.202. The highest BCUT2D eigenvalue weighted by atomic mass is 15.2. The largest absolute Gasteiger partial charge is 0.325 e. The molecule has 7 heteroatoms. The van der Waals surface area contributed by atoms with Crippen molar-refractivity contribution in [3.8, 4) is 33.9 Å². The van der Waals surface area contributed by atoms with Crippen LogP contribution in [0.2, 0.25) is 0 Å². The smallest absolute Gasteiger partial charge is 0.234 e. The molecule has 0 aliphatic carbocycles. The molecule has 0 atom stereocenters. The van der Waals surface area contributed by atoms with E-state index >= 15 is 0 Å². The summed E-state index contributed by atoms with van der Waals surface area (Å²) in [5.41, 5.74) is 6.63. The number of aromatic amines is 1. The summed E-state index contributed by atoms with van der Waals surface area (Å²) in [6.45, 7) is 3.03. The van der Waals surface area contributed by atoms with E-state index in [1.807, 2.05) is 36.5 Å². The van der Waals surface area contributed by atoms with Crippen molar-refractivity contribution in [1.82, 2.24) is 34.4 Å². The van der Waals surface area contributed by atoms with Crippen LogP contribution in [0.15, 0.2) is 103 Å². The maximum atomic E-state index is 4.89. The van der Waals surface area contributed by atoms with Crippen LogP contribution < -0.4 is 0 Å². The first-order valence-corrected chi connectivity index (χ1v) is 13.5. The fourth-order valence-electron chi connectivity index (χ4n) is 5.54. The molecular weight excluding hydrogens is 482 g/mol. The molecule has 3 aromatic heterocycles. The van der Waals surface area contributed by atoms with Crippen molar-refractivity contribution in [2.75, 3.05) is 13.1 Å². The molecule has 4 heterocycles. The Bertz CT molecular complexity index is 1680. The number of likely N-dealkylation sites (tertiary alicyclic amines) is 1. The number of fused-ring (bicyclic) bond motifs is 1. The standard InChI is InChI=1S/C32H29N7/c1-3-8-25(9-4-1)29-28(34-32-33-18-7-19-39(29)32)24-14-12-23(13-15-24)22-38-20-16-27(17-21-38)31-35-30(36-37-31)26-10-5-2-6-11-26/h1-15,18-19,27H,16-17,20-22H2,(H,35,36,37). The van der Waals surface area contributed by atoms with Gasteiger partial charge in [0.1, 0.15) is 5.82 Å². The number of hydrogen-bond donors (Lipinski definition) is 1. The van der Waals surface area contributed by atoms with E-state index in [1.54, 1.807) is 6.20 Å². The molecule has 1 aliphatic heterocycles. The van der Waals surface area contributed by atoms with Gasteiger partial charge in [0.2, 0.25) is 5.78 Å². The Morgan fingerprint density at radius 2 is 1.46 bits per heavy atom. The van der Waals surface area contributed by atoms with Crippen LogP contribution in [0.4, 0.5) is 0 Å².